The second kappa shape index (κ2) is 6.35. The molecule has 3 nitrogen and oxygen atoms in total. The van der Waals surface area contributed by atoms with Crippen LogP contribution in [0.15, 0.2) is 40.9 Å². The van der Waals surface area contributed by atoms with Crippen LogP contribution in [0.25, 0.3) is 0 Å². The van der Waals surface area contributed by atoms with E-state index in [4.69, 9.17) is 10.6 Å². The quantitative estimate of drug-likeness (QED) is 0.663. The first-order valence-corrected chi connectivity index (χ1v) is 6.91. The smallest absolute Gasteiger partial charge is 0.126 e. The van der Waals surface area contributed by atoms with Crippen molar-refractivity contribution in [3.05, 3.63) is 63.4 Å². The molecular weight excluding hydrogens is 323 g/mol. The Balaban J connectivity index is 2.48. The summed E-state index contributed by atoms with van der Waals surface area (Å²) in [5, 5.41) is 0. The minimum absolute atomic E-state index is 0.248. The lowest BCUT2D eigenvalue weighted by Crippen LogP contribution is -2.29. The highest BCUT2D eigenvalue weighted by Crippen LogP contribution is 2.31. The molecule has 3 N–H and O–H groups in total. The average molecular weight is 339 g/mol. The maximum atomic E-state index is 13.7. The zero-order valence-electron chi connectivity index (χ0n) is 11.3. The molecule has 2 aromatic carbocycles. The maximum absolute atomic E-state index is 13.7. The number of nitrogens with one attached hydrogen (secondary N) is 1. The maximum Gasteiger partial charge on any atom is 0.126 e. The summed E-state index contributed by atoms with van der Waals surface area (Å²) in [6.07, 6.45) is 0. The fourth-order valence-corrected chi connectivity index (χ4v) is 2.50. The number of methoxy groups -OCH3 is 1. The van der Waals surface area contributed by atoms with Crippen molar-refractivity contribution < 1.29 is 9.13 Å². The molecule has 2 aromatic rings. The van der Waals surface area contributed by atoms with Gasteiger partial charge in [-0.2, -0.15) is 0 Å². The molecule has 2 rings (SSSR count). The number of nitrogens with two attached hydrogens (primary N) is 1. The molecular formula is C15H16BrFN2O. The predicted octanol–water partition coefficient (Wildman–Crippen LogP) is 3.46. The van der Waals surface area contributed by atoms with Crippen LogP contribution in [0.4, 0.5) is 4.39 Å². The van der Waals surface area contributed by atoms with Gasteiger partial charge < -0.3 is 4.74 Å². The first-order valence-electron chi connectivity index (χ1n) is 6.12. The number of ether oxygens (including phenoxy) is 1. The van der Waals surface area contributed by atoms with Crippen LogP contribution >= 0.6 is 15.9 Å². The van der Waals surface area contributed by atoms with Gasteiger partial charge in [0.1, 0.15) is 11.6 Å². The van der Waals surface area contributed by atoms with Crippen LogP contribution in [0.3, 0.4) is 0 Å². The van der Waals surface area contributed by atoms with E-state index in [1.54, 1.807) is 20.1 Å². The third-order valence-electron chi connectivity index (χ3n) is 3.21. The summed E-state index contributed by atoms with van der Waals surface area (Å²) < 4.78 is 19.8. The number of hydrogen-bond donors (Lipinski definition) is 2. The Morgan fingerprint density at radius 3 is 2.60 bits per heavy atom. The minimum atomic E-state index is -0.324. The van der Waals surface area contributed by atoms with E-state index in [-0.39, 0.29) is 11.9 Å². The van der Waals surface area contributed by atoms with Crippen LogP contribution in [-0.4, -0.2) is 7.11 Å². The van der Waals surface area contributed by atoms with E-state index in [0.717, 1.165) is 21.3 Å². The van der Waals surface area contributed by atoms with Crippen LogP contribution in [0, 0.1) is 12.7 Å². The van der Waals surface area contributed by atoms with Gasteiger partial charge in [0.05, 0.1) is 13.2 Å². The van der Waals surface area contributed by atoms with E-state index < -0.39 is 0 Å². The average Bonchev–Trinajstić information content (AvgIpc) is 2.45. The van der Waals surface area contributed by atoms with Crippen LogP contribution in [0.5, 0.6) is 5.75 Å². The Morgan fingerprint density at radius 2 is 2.00 bits per heavy atom. The van der Waals surface area contributed by atoms with Crippen LogP contribution in [0.2, 0.25) is 0 Å². The molecule has 0 heterocycles. The lowest BCUT2D eigenvalue weighted by Gasteiger charge is -2.19. The molecule has 0 radical (unpaired) electrons. The van der Waals surface area contributed by atoms with Gasteiger partial charge in [0, 0.05) is 4.47 Å². The van der Waals surface area contributed by atoms with Crippen molar-refractivity contribution in [2.45, 2.75) is 13.0 Å². The monoisotopic (exact) mass is 338 g/mol. The predicted molar refractivity (Wildman–Crippen MR) is 81.0 cm³/mol. The van der Waals surface area contributed by atoms with E-state index >= 15 is 0 Å². The Morgan fingerprint density at radius 1 is 1.25 bits per heavy atom. The summed E-state index contributed by atoms with van der Waals surface area (Å²) in [6.45, 7) is 1.73. The van der Waals surface area contributed by atoms with E-state index in [0.29, 0.717) is 5.56 Å². The van der Waals surface area contributed by atoms with Gasteiger partial charge in [-0.3, -0.25) is 5.84 Å². The van der Waals surface area contributed by atoms with Gasteiger partial charge in [0.2, 0.25) is 0 Å². The highest BCUT2D eigenvalue weighted by molar-refractivity contribution is 9.10. The van der Waals surface area contributed by atoms with Gasteiger partial charge in [-0.25, -0.2) is 9.82 Å². The fraction of sp³-hybridized carbons (Fsp3) is 0.200. The summed E-state index contributed by atoms with van der Waals surface area (Å²) in [4.78, 5) is 0. The Kier molecular flexibility index (Phi) is 4.75. The van der Waals surface area contributed by atoms with E-state index in [1.807, 2.05) is 24.3 Å². The Bertz CT molecular complexity index is 619. The first-order chi connectivity index (χ1) is 9.56. The van der Waals surface area contributed by atoms with Crippen molar-refractivity contribution in [2.24, 2.45) is 5.84 Å². The third kappa shape index (κ3) is 3.00. The molecule has 0 fully saturated rings. The topological polar surface area (TPSA) is 47.3 Å². The molecule has 0 amide bonds. The van der Waals surface area contributed by atoms with E-state index in [1.165, 1.54) is 6.07 Å². The molecule has 0 saturated carbocycles. The summed E-state index contributed by atoms with van der Waals surface area (Å²) in [7, 11) is 1.60. The zero-order valence-corrected chi connectivity index (χ0v) is 12.9. The van der Waals surface area contributed by atoms with Crippen molar-refractivity contribution in [2.75, 3.05) is 7.11 Å². The molecule has 0 aliphatic carbocycles. The number of halogens is 2. The minimum Gasteiger partial charge on any atom is -0.497 e. The fourth-order valence-electron chi connectivity index (χ4n) is 2.02. The van der Waals surface area contributed by atoms with Gasteiger partial charge in [-0.1, -0.05) is 28.1 Å². The SMILES string of the molecule is COc1ccc(Br)c(C(NN)c2ccc(C)c(F)c2)c1. The zero-order chi connectivity index (χ0) is 14.7. The summed E-state index contributed by atoms with van der Waals surface area (Å²) >= 11 is 3.49. The largest absolute Gasteiger partial charge is 0.497 e. The van der Waals surface area contributed by atoms with Gasteiger partial charge in [0.15, 0.2) is 0 Å². The first kappa shape index (κ1) is 15.0. The van der Waals surface area contributed by atoms with Gasteiger partial charge >= 0.3 is 0 Å². The van der Waals surface area contributed by atoms with Crippen molar-refractivity contribution in [3.8, 4) is 5.75 Å². The van der Waals surface area contributed by atoms with E-state index in [9.17, 15) is 4.39 Å². The lowest BCUT2D eigenvalue weighted by molar-refractivity contribution is 0.413. The highest BCUT2D eigenvalue weighted by Gasteiger charge is 2.17. The molecule has 0 spiro atoms. The molecule has 0 bridgehead atoms. The number of hydrazine groups is 1. The molecule has 20 heavy (non-hydrogen) atoms. The molecule has 5 heteroatoms. The molecule has 0 aliphatic rings. The Labute approximate surface area is 126 Å². The molecule has 0 aliphatic heterocycles. The molecule has 0 aromatic heterocycles. The van der Waals surface area contributed by atoms with Crippen LogP contribution < -0.4 is 16.0 Å². The standard InChI is InChI=1S/C15H16BrFN2O/c1-9-3-4-10(7-14(9)17)15(19-18)12-8-11(20-2)5-6-13(12)16/h3-8,15,19H,18H2,1-2H3. The number of hydrogen-bond acceptors (Lipinski definition) is 3. The summed E-state index contributed by atoms with van der Waals surface area (Å²) in [5.74, 6) is 6.12. The number of aryl methyl sites for hydroxylation is 1. The third-order valence-corrected chi connectivity index (χ3v) is 3.93. The lowest BCUT2D eigenvalue weighted by atomic mass is 9.98. The Hall–Kier alpha value is -1.43. The van der Waals surface area contributed by atoms with E-state index in [2.05, 4.69) is 21.4 Å². The summed E-state index contributed by atoms with van der Waals surface area (Å²) in [5.41, 5.74) is 4.97. The molecule has 1 unspecified atom stereocenters. The van der Waals surface area contributed by atoms with Crippen molar-refractivity contribution in [3.63, 3.8) is 0 Å². The second-order valence-electron chi connectivity index (χ2n) is 4.50. The van der Waals surface area contributed by atoms with Crippen LogP contribution in [-0.2, 0) is 0 Å². The normalized spacial score (nSPS) is 12.2. The number of rotatable bonds is 4. The van der Waals surface area contributed by atoms with Gasteiger partial charge in [-0.15, -0.1) is 0 Å². The summed E-state index contributed by atoms with van der Waals surface area (Å²) in [6, 6.07) is 10.4. The highest BCUT2D eigenvalue weighted by atomic mass is 79.9. The van der Waals surface area contributed by atoms with Crippen molar-refractivity contribution >= 4 is 15.9 Å². The van der Waals surface area contributed by atoms with Crippen molar-refractivity contribution in [1.82, 2.24) is 5.43 Å². The molecule has 0 saturated heterocycles. The van der Waals surface area contributed by atoms with Gasteiger partial charge in [0.25, 0.3) is 0 Å². The van der Waals surface area contributed by atoms with Crippen LogP contribution in [0.1, 0.15) is 22.7 Å². The molecule has 1 atom stereocenters. The van der Waals surface area contributed by atoms with Gasteiger partial charge in [-0.05, 0) is 47.9 Å². The second-order valence-corrected chi connectivity index (χ2v) is 5.35. The number of benzene rings is 2. The molecule has 106 valence electrons. The van der Waals surface area contributed by atoms with Crippen molar-refractivity contribution in [1.29, 1.82) is 0 Å².